The van der Waals surface area contributed by atoms with Crippen LogP contribution in [0.15, 0.2) is 54.6 Å². The maximum Gasteiger partial charge on any atom is 0.357 e. The van der Waals surface area contributed by atoms with Crippen molar-refractivity contribution < 1.29 is 23.8 Å². The standard InChI is InChI=1S/C26H30N2O5/c1-4-5-6-7-11-18-33-21-16-14-19(15-17-21)23-22(25(29)31-2)24(26(30)32-3)28(27-23)20-12-9-8-10-13-20/h8-10,12-17H,4-7,11,18H2,1-3H3. The van der Waals surface area contributed by atoms with E-state index in [1.807, 2.05) is 42.5 Å². The summed E-state index contributed by atoms with van der Waals surface area (Å²) in [5, 5.41) is 4.60. The molecule has 1 heterocycles. The number of methoxy groups -OCH3 is 2. The van der Waals surface area contributed by atoms with Crippen LogP contribution in [0.25, 0.3) is 16.9 Å². The van der Waals surface area contributed by atoms with Crippen molar-refractivity contribution in [2.24, 2.45) is 0 Å². The average Bonchev–Trinajstić information content (AvgIpc) is 3.27. The van der Waals surface area contributed by atoms with Crippen LogP contribution in [0.4, 0.5) is 0 Å². The molecule has 174 valence electrons. The molecule has 2 aromatic carbocycles. The molecule has 0 N–H and O–H groups in total. The van der Waals surface area contributed by atoms with Crippen molar-refractivity contribution in [3.8, 4) is 22.7 Å². The predicted octanol–water partition coefficient (Wildman–Crippen LogP) is 5.46. The third-order valence-electron chi connectivity index (χ3n) is 5.30. The number of hydrogen-bond donors (Lipinski definition) is 0. The fourth-order valence-corrected chi connectivity index (χ4v) is 3.56. The first-order valence-corrected chi connectivity index (χ1v) is 11.2. The monoisotopic (exact) mass is 450 g/mol. The molecule has 0 aliphatic carbocycles. The van der Waals surface area contributed by atoms with E-state index >= 15 is 0 Å². The fraction of sp³-hybridized carbons (Fsp3) is 0.346. The van der Waals surface area contributed by atoms with Gasteiger partial charge in [0.05, 0.1) is 26.5 Å². The molecule has 0 saturated carbocycles. The van der Waals surface area contributed by atoms with Gasteiger partial charge in [-0.25, -0.2) is 14.3 Å². The molecule has 0 radical (unpaired) electrons. The number of carbonyl (C=O) groups is 2. The Labute approximate surface area is 194 Å². The zero-order chi connectivity index (χ0) is 23.6. The number of nitrogens with zero attached hydrogens (tertiary/aromatic N) is 2. The minimum atomic E-state index is -0.680. The summed E-state index contributed by atoms with van der Waals surface area (Å²) >= 11 is 0. The van der Waals surface area contributed by atoms with Crippen LogP contribution in [0, 0.1) is 0 Å². The van der Waals surface area contributed by atoms with Gasteiger partial charge in [-0.2, -0.15) is 5.10 Å². The molecule has 0 aliphatic rings. The Morgan fingerprint density at radius 1 is 0.848 bits per heavy atom. The van der Waals surface area contributed by atoms with Gasteiger partial charge in [0.1, 0.15) is 17.0 Å². The van der Waals surface area contributed by atoms with E-state index in [4.69, 9.17) is 14.2 Å². The highest BCUT2D eigenvalue weighted by Gasteiger charge is 2.31. The van der Waals surface area contributed by atoms with E-state index in [-0.39, 0.29) is 11.3 Å². The highest BCUT2D eigenvalue weighted by molar-refractivity contribution is 6.06. The van der Waals surface area contributed by atoms with Gasteiger partial charge >= 0.3 is 11.9 Å². The third-order valence-corrected chi connectivity index (χ3v) is 5.30. The lowest BCUT2D eigenvalue weighted by Gasteiger charge is -2.07. The molecule has 0 aliphatic heterocycles. The summed E-state index contributed by atoms with van der Waals surface area (Å²) in [6, 6.07) is 16.4. The van der Waals surface area contributed by atoms with Gasteiger partial charge in [-0.1, -0.05) is 50.8 Å². The number of para-hydroxylation sites is 1. The summed E-state index contributed by atoms with van der Waals surface area (Å²) in [5.74, 6) is -0.606. The highest BCUT2D eigenvalue weighted by atomic mass is 16.5. The maximum absolute atomic E-state index is 12.7. The third kappa shape index (κ3) is 5.80. The van der Waals surface area contributed by atoms with E-state index in [0.717, 1.165) is 18.6 Å². The number of benzene rings is 2. The molecule has 3 rings (SSSR count). The van der Waals surface area contributed by atoms with Crippen LogP contribution in [-0.4, -0.2) is 42.5 Å². The summed E-state index contributed by atoms with van der Waals surface area (Å²) < 4.78 is 17.2. The highest BCUT2D eigenvalue weighted by Crippen LogP contribution is 2.30. The van der Waals surface area contributed by atoms with Crippen molar-refractivity contribution in [2.75, 3.05) is 20.8 Å². The first kappa shape index (κ1) is 24.0. The molecule has 0 spiro atoms. The van der Waals surface area contributed by atoms with Gasteiger partial charge in [0.25, 0.3) is 0 Å². The van der Waals surface area contributed by atoms with E-state index < -0.39 is 11.9 Å². The van der Waals surface area contributed by atoms with Crippen LogP contribution in [0.3, 0.4) is 0 Å². The van der Waals surface area contributed by atoms with Gasteiger partial charge in [0.2, 0.25) is 0 Å². The number of ether oxygens (including phenoxy) is 3. The lowest BCUT2D eigenvalue weighted by molar-refractivity contribution is 0.0549. The number of esters is 2. The zero-order valence-corrected chi connectivity index (χ0v) is 19.4. The van der Waals surface area contributed by atoms with Gasteiger partial charge in [-0.05, 0) is 42.8 Å². The number of aromatic nitrogens is 2. The Morgan fingerprint density at radius 3 is 2.15 bits per heavy atom. The molecule has 33 heavy (non-hydrogen) atoms. The lowest BCUT2D eigenvalue weighted by Crippen LogP contribution is -2.15. The number of unbranched alkanes of at least 4 members (excludes halogenated alkanes) is 4. The predicted molar refractivity (Wildman–Crippen MR) is 126 cm³/mol. The summed E-state index contributed by atoms with van der Waals surface area (Å²) in [4.78, 5) is 25.4. The number of rotatable bonds is 11. The topological polar surface area (TPSA) is 79.7 Å². The zero-order valence-electron chi connectivity index (χ0n) is 19.4. The molecular weight excluding hydrogens is 420 g/mol. The molecule has 7 heteroatoms. The first-order valence-electron chi connectivity index (χ1n) is 11.2. The maximum atomic E-state index is 12.7. The molecular formula is C26H30N2O5. The molecule has 0 unspecified atom stereocenters. The van der Waals surface area contributed by atoms with Crippen LogP contribution in [-0.2, 0) is 9.47 Å². The van der Waals surface area contributed by atoms with Crippen molar-refractivity contribution >= 4 is 11.9 Å². The first-order chi connectivity index (χ1) is 16.1. The SMILES string of the molecule is CCCCCCCOc1ccc(-c2nn(-c3ccccc3)c(C(=O)OC)c2C(=O)OC)cc1. The molecule has 3 aromatic rings. The van der Waals surface area contributed by atoms with Crippen LogP contribution in [0.2, 0.25) is 0 Å². The Kier molecular flexibility index (Phi) is 8.63. The minimum Gasteiger partial charge on any atom is -0.494 e. The molecule has 1 aromatic heterocycles. The van der Waals surface area contributed by atoms with E-state index in [1.54, 1.807) is 12.1 Å². The van der Waals surface area contributed by atoms with E-state index in [9.17, 15) is 9.59 Å². The molecule has 0 fully saturated rings. The molecule has 0 saturated heterocycles. The van der Waals surface area contributed by atoms with Gasteiger partial charge < -0.3 is 14.2 Å². The smallest absolute Gasteiger partial charge is 0.357 e. The van der Waals surface area contributed by atoms with Crippen molar-refractivity contribution in [2.45, 2.75) is 39.0 Å². The number of carbonyl (C=O) groups excluding carboxylic acids is 2. The Bertz CT molecular complexity index is 1060. The van der Waals surface area contributed by atoms with E-state index in [0.29, 0.717) is 23.6 Å². The normalized spacial score (nSPS) is 10.6. The summed E-state index contributed by atoms with van der Waals surface area (Å²) in [6.45, 7) is 2.85. The minimum absolute atomic E-state index is 0.0120. The van der Waals surface area contributed by atoms with Crippen LogP contribution >= 0.6 is 0 Å². The molecule has 0 atom stereocenters. The molecule has 0 amide bonds. The van der Waals surface area contributed by atoms with Crippen LogP contribution in [0.1, 0.15) is 59.9 Å². The fourth-order valence-electron chi connectivity index (χ4n) is 3.56. The second-order valence-electron chi connectivity index (χ2n) is 7.59. The van der Waals surface area contributed by atoms with Gasteiger partial charge in [-0.15, -0.1) is 0 Å². The van der Waals surface area contributed by atoms with Crippen molar-refractivity contribution in [3.63, 3.8) is 0 Å². The van der Waals surface area contributed by atoms with Gasteiger partial charge in [0.15, 0.2) is 5.69 Å². The van der Waals surface area contributed by atoms with E-state index in [2.05, 4.69) is 12.0 Å². The van der Waals surface area contributed by atoms with Crippen molar-refractivity contribution in [1.82, 2.24) is 9.78 Å². The summed E-state index contributed by atoms with van der Waals surface area (Å²) in [7, 11) is 2.53. The second kappa shape index (κ2) is 11.9. The molecule has 7 nitrogen and oxygen atoms in total. The van der Waals surface area contributed by atoms with Gasteiger partial charge in [0, 0.05) is 5.56 Å². The average molecular weight is 451 g/mol. The lowest BCUT2D eigenvalue weighted by atomic mass is 10.1. The van der Waals surface area contributed by atoms with Crippen molar-refractivity contribution in [1.29, 1.82) is 0 Å². The summed E-state index contributed by atoms with van der Waals surface area (Å²) in [6.07, 6.45) is 5.86. The molecule has 0 bridgehead atoms. The summed E-state index contributed by atoms with van der Waals surface area (Å²) in [5.41, 5.74) is 1.68. The Morgan fingerprint density at radius 2 is 1.52 bits per heavy atom. The number of hydrogen-bond acceptors (Lipinski definition) is 6. The van der Waals surface area contributed by atoms with Crippen LogP contribution in [0.5, 0.6) is 5.75 Å². The quantitative estimate of drug-likeness (QED) is 0.285. The second-order valence-corrected chi connectivity index (χ2v) is 7.59. The van der Waals surface area contributed by atoms with Gasteiger partial charge in [-0.3, -0.25) is 0 Å². The Balaban J connectivity index is 1.93. The van der Waals surface area contributed by atoms with E-state index in [1.165, 1.54) is 38.2 Å². The van der Waals surface area contributed by atoms with Crippen LogP contribution < -0.4 is 4.74 Å². The Hall–Kier alpha value is -3.61. The van der Waals surface area contributed by atoms with Crippen molar-refractivity contribution in [3.05, 3.63) is 65.9 Å². The largest absolute Gasteiger partial charge is 0.494 e.